The van der Waals surface area contributed by atoms with Gasteiger partial charge in [-0.15, -0.1) is 0 Å². The average molecular weight is 325 g/mol. The fourth-order valence-electron chi connectivity index (χ4n) is 4.14. The van der Waals surface area contributed by atoms with Gasteiger partial charge in [-0.3, -0.25) is 14.5 Å². The SMILES string of the molecule is O=C(NCN1C(=O)C2C3C=CC(CC3)C2C1=O)Nc1ccccc1. The molecule has 1 saturated heterocycles. The lowest BCUT2D eigenvalue weighted by Gasteiger charge is -2.38. The molecule has 24 heavy (non-hydrogen) atoms. The molecule has 1 heterocycles. The number of carbonyl (C=O) groups excluding carboxylic acids is 3. The number of benzene rings is 1. The summed E-state index contributed by atoms with van der Waals surface area (Å²) >= 11 is 0. The van der Waals surface area contributed by atoms with Crippen molar-refractivity contribution in [1.82, 2.24) is 10.2 Å². The van der Waals surface area contributed by atoms with Crippen molar-refractivity contribution in [3.05, 3.63) is 42.5 Å². The Balaban J connectivity index is 1.40. The highest BCUT2D eigenvalue weighted by Gasteiger charge is 2.56. The van der Waals surface area contributed by atoms with E-state index in [2.05, 4.69) is 22.8 Å². The maximum Gasteiger partial charge on any atom is 0.320 e. The molecule has 1 aromatic rings. The first kappa shape index (κ1) is 14.9. The maximum absolute atomic E-state index is 12.6. The first-order valence-electron chi connectivity index (χ1n) is 8.28. The molecule has 3 aliphatic carbocycles. The molecule has 124 valence electrons. The molecule has 0 spiro atoms. The Hall–Kier alpha value is -2.63. The van der Waals surface area contributed by atoms with Crippen LogP contribution in [0.5, 0.6) is 0 Å². The average Bonchev–Trinajstić information content (AvgIpc) is 2.88. The largest absolute Gasteiger partial charge is 0.320 e. The summed E-state index contributed by atoms with van der Waals surface area (Å²) in [6, 6.07) is 8.59. The van der Waals surface area contributed by atoms with Gasteiger partial charge in [-0.2, -0.15) is 0 Å². The molecule has 2 bridgehead atoms. The zero-order chi connectivity index (χ0) is 16.7. The van der Waals surface area contributed by atoms with Crippen LogP contribution in [0, 0.1) is 23.7 Å². The summed E-state index contributed by atoms with van der Waals surface area (Å²) in [7, 11) is 0. The predicted octanol–water partition coefficient (Wildman–Crippen LogP) is 1.96. The zero-order valence-corrected chi connectivity index (χ0v) is 13.1. The van der Waals surface area contributed by atoms with E-state index in [0.29, 0.717) is 5.69 Å². The summed E-state index contributed by atoms with van der Waals surface area (Å²) in [4.78, 5) is 38.4. The number of rotatable bonds is 3. The van der Waals surface area contributed by atoms with E-state index in [1.54, 1.807) is 12.1 Å². The van der Waals surface area contributed by atoms with Crippen molar-refractivity contribution in [2.75, 3.05) is 12.0 Å². The second-order valence-corrected chi connectivity index (χ2v) is 6.60. The second-order valence-electron chi connectivity index (χ2n) is 6.60. The third kappa shape index (κ3) is 2.38. The molecule has 1 saturated carbocycles. The van der Waals surface area contributed by atoms with Crippen LogP contribution in [0.25, 0.3) is 0 Å². The number of hydrogen-bond acceptors (Lipinski definition) is 3. The van der Waals surface area contributed by atoms with Crippen molar-refractivity contribution in [3.8, 4) is 0 Å². The molecule has 1 aliphatic heterocycles. The zero-order valence-electron chi connectivity index (χ0n) is 13.1. The molecule has 4 aliphatic rings. The van der Waals surface area contributed by atoms with Crippen molar-refractivity contribution < 1.29 is 14.4 Å². The second kappa shape index (κ2) is 5.78. The molecule has 0 radical (unpaired) electrons. The lowest BCUT2D eigenvalue weighted by Crippen LogP contribution is -2.43. The first-order valence-corrected chi connectivity index (χ1v) is 8.28. The number of hydrogen-bond donors (Lipinski definition) is 2. The van der Waals surface area contributed by atoms with Gasteiger partial charge in [-0.25, -0.2) is 4.79 Å². The lowest BCUT2D eigenvalue weighted by molar-refractivity contribution is -0.140. The third-order valence-corrected chi connectivity index (χ3v) is 5.28. The van der Waals surface area contributed by atoms with Crippen molar-refractivity contribution in [2.45, 2.75) is 12.8 Å². The number of nitrogens with zero attached hydrogens (tertiary/aromatic N) is 1. The minimum Gasteiger partial charge on any atom is -0.320 e. The third-order valence-electron chi connectivity index (χ3n) is 5.28. The monoisotopic (exact) mass is 325 g/mol. The van der Waals surface area contributed by atoms with Crippen molar-refractivity contribution in [1.29, 1.82) is 0 Å². The van der Waals surface area contributed by atoms with E-state index in [-0.39, 0.29) is 42.2 Å². The Kier molecular flexibility index (Phi) is 3.59. The van der Waals surface area contributed by atoms with Crippen LogP contribution < -0.4 is 10.6 Å². The summed E-state index contributed by atoms with van der Waals surface area (Å²) in [6.07, 6.45) is 6.10. The summed E-state index contributed by atoms with van der Waals surface area (Å²) in [5.74, 6) is -0.437. The smallest absolute Gasteiger partial charge is 0.320 e. The van der Waals surface area contributed by atoms with E-state index in [4.69, 9.17) is 0 Å². The van der Waals surface area contributed by atoms with Crippen LogP contribution in [0.3, 0.4) is 0 Å². The topological polar surface area (TPSA) is 78.5 Å². The number of carbonyl (C=O) groups is 3. The Morgan fingerprint density at radius 1 is 1.00 bits per heavy atom. The van der Waals surface area contributed by atoms with E-state index in [1.807, 2.05) is 18.2 Å². The lowest BCUT2D eigenvalue weighted by atomic mass is 9.63. The molecular weight excluding hydrogens is 306 g/mol. The van der Waals surface area contributed by atoms with Crippen LogP contribution in [-0.2, 0) is 9.59 Å². The number of anilines is 1. The van der Waals surface area contributed by atoms with Gasteiger partial charge in [-0.1, -0.05) is 30.4 Å². The van der Waals surface area contributed by atoms with Gasteiger partial charge in [0.15, 0.2) is 0 Å². The van der Waals surface area contributed by atoms with Gasteiger partial charge in [0.1, 0.15) is 6.67 Å². The Bertz CT molecular complexity index is 683. The molecule has 2 N–H and O–H groups in total. The van der Waals surface area contributed by atoms with E-state index >= 15 is 0 Å². The summed E-state index contributed by atoms with van der Waals surface area (Å²) in [5, 5.41) is 5.28. The Morgan fingerprint density at radius 3 is 2.12 bits per heavy atom. The fraction of sp³-hybridized carbons (Fsp3) is 0.389. The molecule has 5 rings (SSSR count). The molecule has 6 heteroatoms. The van der Waals surface area contributed by atoms with Gasteiger partial charge in [0, 0.05) is 5.69 Å². The Labute approximate surface area is 139 Å². The van der Waals surface area contributed by atoms with Crippen LogP contribution in [0.2, 0.25) is 0 Å². The number of para-hydroxylation sites is 1. The summed E-state index contributed by atoms with van der Waals surface area (Å²) in [5.41, 5.74) is 0.657. The van der Waals surface area contributed by atoms with Crippen LogP contribution in [0.15, 0.2) is 42.5 Å². The molecule has 6 nitrogen and oxygen atoms in total. The number of imide groups is 1. The highest BCUT2D eigenvalue weighted by Crippen LogP contribution is 2.49. The highest BCUT2D eigenvalue weighted by molar-refractivity contribution is 6.06. The molecule has 4 amide bonds. The number of urea groups is 1. The number of likely N-dealkylation sites (tertiary alicyclic amines) is 1. The summed E-state index contributed by atoms with van der Waals surface area (Å²) < 4.78 is 0. The van der Waals surface area contributed by atoms with E-state index in [0.717, 1.165) is 12.8 Å². The number of nitrogens with one attached hydrogen (secondary N) is 2. The quantitative estimate of drug-likeness (QED) is 0.659. The molecule has 0 aromatic heterocycles. The maximum atomic E-state index is 12.6. The van der Waals surface area contributed by atoms with E-state index in [1.165, 1.54) is 4.90 Å². The van der Waals surface area contributed by atoms with E-state index < -0.39 is 6.03 Å². The molecular formula is C18H19N3O3. The van der Waals surface area contributed by atoms with Crippen molar-refractivity contribution >= 4 is 23.5 Å². The minimum atomic E-state index is -0.433. The van der Waals surface area contributed by atoms with Crippen molar-refractivity contribution in [3.63, 3.8) is 0 Å². The number of amides is 4. The minimum absolute atomic E-state index is 0.0806. The normalized spacial score (nSPS) is 30.4. The number of allylic oxidation sites excluding steroid dienone is 2. The first-order chi connectivity index (χ1) is 11.6. The molecule has 4 unspecified atom stereocenters. The van der Waals surface area contributed by atoms with Gasteiger partial charge >= 0.3 is 6.03 Å². The molecule has 4 atom stereocenters. The van der Waals surface area contributed by atoms with Gasteiger partial charge in [-0.05, 0) is 36.8 Å². The fourth-order valence-corrected chi connectivity index (χ4v) is 4.14. The molecule has 1 aromatic carbocycles. The number of fused-ring (bicyclic) bond motifs is 1. The Morgan fingerprint density at radius 2 is 1.58 bits per heavy atom. The van der Waals surface area contributed by atoms with Crippen LogP contribution in [0.1, 0.15) is 12.8 Å². The highest BCUT2D eigenvalue weighted by atomic mass is 16.2. The van der Waals surface area contributed by atoms with Gasteiger partial charge in [0.05, 0.1) is 11.8 Å². The van der Waals surface area contributed by atoms with Crippen LogP contribution >= 0.6 is 0 Å². The summed E-state index contributed by atoms with van der Waals surface area (Å²) in [6.45, 7) is -0.0806. The van der Waals surface area contributed by atoms with Crippen LogP contribution in [0.4, 0.5) is 10.5 Å². The standard InChI is InChI=1S/C18H19N3O3/c22-16-14-11-6-7-12(9-8-11)15(14)17(23)21(16)10-19-18(24)20-13-4-2-1-3-5-13/h1-7,11-12,14-15H,8-10H2,(H2,19,20,24). The van der Waals surface area contributed by atoms with Crippen LogP contribution in [-0.4, -0.2) is 29.4 Å². The molecule has 2 fully saturated rings. The van der Waals surface area contributed by atoms with Gasteiger partial charge < -0.3 is 10.6 Å². The van der Waals surface area contributed by atoms with E-state index in [9.17, 15) is 14.4 Å². The van der Waals surface area contributed by atoms with Gasteiger partial charge in [0.25, 0.3) is 0 Å². The van der Waals surface area contributed by atoms with Crippen molar-refractivity contribution in [2.24, 2.45) is 23.7 Å². The van der Waals surface area contributed by atoms with Gasteiger partial charge in [0.2, 0.25) is 11.8 Å². The predicted molar refractivity (Wildman–Crippen MR) is 87.7 cm³/mol.